The summed E-state index contributed by atoms with van der Waals surface area (Å²) in [6.45, 7) is 4.60. The molecule has 0 radical (unpaired) electrons. The van der Waals surface area contributed by atoms with Crippen molar-refractivity contribution in [1.29, 1.82) is 0 Å². The standard InChI is InChI=1S/C36H69N2.ClH/c1-4-6-8-10-12-14-16-18-19-20-22-24-26-28-30-32-36(38-34-33-37(3)35-38)31-29-27-25-23-21-17-15-13-11-9-7-5-2;/h16,18,33-36H,4-15,17,19-32H2,1-3H3;1H/q+1;/p-1/b18-16-;. The van der Waals surface area contributed by atoms with Gasteiger partial charge in [-0.3, -0.25) is 0 Å². The van der Waals surface area contributed by atoms with Crippen LogP contribution in [0.2, 0.25) is 0 Å². The predicted octanol–water partition coefficient (Wildman–Crippen LogP) is 8.99. The summed E-state index contributed by atoms with van der Waals surface area (Å²) in [5, 5.41) is 0. The highest BCUT2D eigenvalue weighted by molar-refractivity contribution is 4.81. The summed E-state index contributed by atoms with van der Waals surface area (Å²) in [5.74, 6) is 0. The highest BCUT2D eigenvalue weighted by atomic mass is 35.5. The minimum Gasteiger partial charge on any atom is -1.00 e. The van der Waals surface area contributed by atoms with Crippen LogP contribution in [0.3, 0.4) is 0 Å². The summed E-state index contributed by atoms with van der Waals surface area (Å²) in [6.07, 6.45) is 49.7. The molecule has 39 heavy (non-hydrogen) atoms. The lowest BCUT2D eigenvalue weighted by molar-refractivity contribution is -0.671. The van der Waals surface area contributed by atoms with Gasteiger partial charge < -0.3 is 12.4 Å². The fourth-order valence-electron chi connectivity index (χ4n) is 5.80. The second-order valence-electron chi connectivity index (χ2n) is 12.2. The quantitative estimate of drug-likeness (QED) is 0.0521. The van der Waals surface area contributed by atoms with Crippen molar-refractivity contribution < 1.29 is 17.0 Å². The van der Waals surface area contributed by atoms with E-state index in [0.717, 1.165) is 0 Å². The molecule has 0 amide bonds. The van der Waals surface area contributed by atoms with Crippen LogP contribution in [0.15, 0.2) is 30.9 Å². The van der Waals surface area contributed by atoms with E-state index in [4.69, 9.17) is 0 Å². The van der Waals surface area contributed by atoms with Gasteiger partial charge in [0.05, 0.1) is 7.05 Å². The van der Waals surface area contributed by atoms with Gasteiger partial charge in [-0.15, -0.1) is 0 Å². The molecular weight excluding hydrogens is 496 g/mol. The smallest absolute Gasteiger partial charge is 0.243 e. The molecule has 0 bridgehead atoms. The molecule has 0 aromatic carbocycles. The van der Waals surface area contributed by atoms with Crippen LogP contribution in [0.4, 0.5) is 0 Å². The van der Waals surface area contributed by atoms with Crippen molar-refractivity contribution in [2.45, 2.75) is 193 Å². The third-order valence-corrected chi connectivity index (χ3v) is 8.40. The lowest BCUT2D eigenvalue weighted by Gasteiger charge is -2.14. The van der Waals surface area contributed by atoms with E-state index < -0.39 is 0 Å². The van der Waals surface area contributed by atoms with Crippen LogP contribution in [0.25, 0.3) is 0 Å². The fraction of sp³-hybridized carbons (Fsp3) is 0.861. The van der Waals surface area contributed by atoms with E-state index in [2.05, 4.69) is 60.9 Å². The van der Waals surface area contributed by atoms with Crippen LogP contribution in [0.1, 0.15) is 193 Å². The van der Waals surface area contributed by atoms with E-state index in [1.54, 1.807) is 0 Å². The summed E-state index contributed by atoms with van der Waals surface area (Å²) in [6, 6.07) is 0.700. The van der Waals surface area contributed by atoms with Gasteiger partial charge in [0.15, 0.2) is 0 Å². The molecule has 1 heterocycles. The summed E-state index contributed by atoms with van der Waals surface area (Å²) in [4.78, 5) is 0. The Morgan fingerprint density at radius 2 is 0.897 bits per heavy atom. The Labute approximate surface area is 252 Å². The van der Waals surface area contributed by atoms with Crippen molar-refractivity contribution >= 4 is 0 Å². The Morgan fingerprint density at radius 3 is 1.26 bits per heavy atom. The molecule has 0 aliphatic carbocycles. The van der Waals surface area contributed by atoms with Crippen molar-refractivity contribution in [3.8, 4) is 0 Å². The molecule has 0 spiro atoms. The van der Waals surface area contributed by atoms with E-state index in [1.165, 1.54) is 173 Å². The van der Waals surface area contributed by atoms with Crippen LogP contribution in [-0.4, -0.2) is 4.57 Å². The maximum atomic E-state index is 2.49. The molecule has 1 unspecified atom stereocenters. The Hall–Kier alpha value is -0.760. The Bertz CT molecular complexity index is 623. The molecule has 1 rings (SSSR count). The summed E-state index contributed by atoms with van der Waals surface area (Å²) < 4.78 is 4.70. The second kappa shape index (κ2) is 30.2. The Kier molecular flexibility index (Phi) is 29.6. The first kappa shape index (κ1) is 38.2. The van der Waals surface area contributed by atoms with Gasteiger partial charge in [-0.2, -0.15) is 0 Å². The van der Waals surface area contributed by atoms with Crippen molar-refractivity contribution in [1.82, 2.24) is 4.57 Å². The number of imidazole rings is 1. The van der Waals surface area contributed by atoms with Crippen LogP contribution in [0, 0.1) is 0 Å². The van der Waals surface area contributed by atoms with E-state index >= 15 is 0 Å². The monoisotopic (exact) mass is 565 g/mol. The average Bonchev–Trinajstić information content (AvgIpc) is 3.36. The van der Waals surface area contributed by atoms with Crippen LogP contribution in [-0.2, 0) is 7.05 Å². The van der Waals surface area contributed by atoms with Gasteiger partial charge in [-0.1, -0.05) is 148 Å². The van der Waals surface area contributed by atoms with E-state index in [-0.39, 0.29) is 12.4 Å². The van der Waals surface area contributed by atoms with Gasteiger partial charge in [0.2, 0.25) is 6.33 Å². The lowest BCUT2D eigenvalue weighted by atomic mass is 9.99. The molecule has 1 atom stereocenters. The number of hydrogen-bond donors (Lipinski definition) is 0. The van der Waals surface area contributed by atoms with Gasteiger partial charge in [0.25, 0.3) is 0 Å². The second-order valence-corrected chi connectivity index (χ2v) is 12.2. The van der Waals surface area contributed by atoms with Crippen molar-refractivity contribution in [3.05, 3.63) is 30.9 Å². The fourth-order valence-corrected chi connectivity index (χ4v) is 5.80. The number of halogens is 1. The summed E-state index contributed by atoms with van der Waals surface area (Å²) in [5.41, 5.74) is 0. The van der Waals surface area contributed by atoms with Gasteiger partial charge in [-0.05, 0) is 51.4 Å². The van der Waals surface area contributed by atoms with Gasteiger partial charge in [0, 0.05) is 0 Å². The third-order valence-electron chi connectivity index (χ3n) is 8.40. The van der Waals surface area contributed by atoms with Gasteiger partial charge in [-0.25, -0.2) is 9.13 Å². The zero-order chi connectivity index (χ0) is 27.4. The normalized spacial score (nSPS) is 12.3. The minimum absolute atomic E-state index is 0. The van der Waals surface area contributed by atoms with Crippen molar-refractivity contribution in [2.75, 3.05) is 0 Å². The van der Waals surface area contributed by atoms with Crippen molar-refractivity contribution in [2.24, 2.45) is 7.05 Å². The first-order valence-corrected chi connectivity index (χ1v) is 17.5. The zero-order valence-corrected chi connectivity index (χ0v) is 27.6. The van der Waals surface area contributed by atoms with E-state index in [9.17, 15) is 0 Å². The molecule has 0 N–H and O–H groups in total. The maximum Gasteiger partial charge on any atom is 0.243 e. The number of aryl methyl sites for hydroxylation is 1. The van der Waals surface area contributed by atoms with Gasteiger partial charge in [0.1, 0.15) is 18.4 Å². The number of hydrogen-bond acceptors (Lipinski definition) is 0. The highest BCUT2D eigenvalue weighted by Gasteiger charge is 2.15. The van der Waals surface area contributed by atoms with Crippen molar-refractivity contribution in [3.63, 3.8) is 0 Å². The summed E-state index contributed by atoms with van der Waals surface area (Å²) >= 11 is 0. The number of allylic oxidation sites excluding steroid dienone is 2. The largest absolute Gasteiger partial charge is 1.00 e. The number of aromatic nitrogens is 2. The van der Waals surface area contributed by atoms with Gasteiger partial charge >= 0.3 is 0 Å². The molecule has 3 heteroatoms. The molecule has 0 aliphatic rings. The SMILES string of the molecule is CCCCCCC/C=C\CCCCCCCCC(CCCCCCCCCCCCCC)n1cc[n+](C)c1.[Cl-]. The molecule has 2 nitrogen and oxygen atoms in total. The van der Waals surface area contributed by atoms with E-state index in [0.29, 0.717) is 6.04 Å². The van der Waals surface area contributed by atoms with Crippen LogP contribution in [0.5, 0.6) is 0 Å². The molecular formula is C36H69ClN2. The zero-order valence-electron chi connectivity index (χ0n) is 26.8. The van der Waals surface area contributed by atoms with Crippen LogP contribution >= 0.6 is 0 Å². The van der Waals surface area contributed by atoms with E-state index in [1.807, 2.05) is 0 Å². The first-order chi connectivity index (χ1) is 18.8. The summed E-state index contributed by atoms with van der Waals surface area (Å²) in [7, 11) is 2.15. The average molecular weight is 565 g/mol. The lowest BCUT2D eigenvalue weighted by Crippen LogP contribution is -3.00. The molecule has 0 saturated heterocycles. The number of unbranched alkanes of at least 4 members (excludes halogenated alkanes) is 22. The topological polar surface area (TPSA) is 8.81 Å². The molecule has 0 fully saturated rings. The Morgan fingerprint density at radius 1 is 0.538 bits per heavy atom. The third kappa shape index (κ3) is 24.7. The Balaban J connectivity index is 0.0000144. The number of rotatable bonds is 29. The molecule has 0 aliphatic heterocycles. The molecule has 1 aromatic heterocycles. The number of nitrogens with zero attached hydrogens (tertiary/aromatic N) is 2. The predicted molar refractivity (Wildman–Crippen MR) is 170 cm³/mol. The maximum absolute atomic E-state index is 2.49. The molecule has 230 valence electrons. The minimum atomic E-state index is 0. The van der Waals surface area contributed by atoms with Crippen LogP contribution < -0.4 is 17.0 Å². The highest BCUT2D eigenvalue weighted by Crippen LogP contribution is 2.23. The molecule has 0 saturated carbocycles. The first-order valence-electron chi connectivity index (χ1n) is 17.5. The molecule has 1 aromatic rings.